The molecule has 0 saturated heterocycles. The monoisotopic (exact) mass is 673 g/mol. The van der Waals surface area contributed by atoms with E-state index < -0.39 is 5.41 Å². The lowest BCUT2D eigenvalue weighted by Gasteiger charge is -2.42. The largest absolute Gasteiger partial charge is 0.208 e. The van der Waals surface area contributed by atoms with E-state index in [4.69, 9.17) is 15.0 Å². The van der Waals surface area contributed by atoms with Crippen LogP contribution in [0.1, 0.15) is 79.5 Å². The van der Waals surface area contributed by atoms with Crippen LogP contribution in [0.4, 0.5) is 0 Å². The van der Waals surface area contributed by atoms with Gasteiger partial charge in [-0.15, -0.1) is 0 Å². The Morgan fingerprint density at radius 3 is 1.42 bits per heavy atom. The molecule has 0 aliphatic heterocycles. The van der Waals surface area contributed by atoms with Crippen LogP contribution in [0.2, 0.25) is 0 Å². The Bertz CT molecular complexity index is 2410. The lowest BCUT2D eigenvalue weighted by Crippen LogP contribution is -2.34. The second-order valence-electron chi connectivity index (χ2n) is 15.9. The Morgan fingerprint density at radius 1 is 0.404 bits per heavy atom. The first-order chi connectivity index (χ1) is 25.2. The number of hydrogen-bond donors (Lipinski definition) is 0. The maximum atomic E-state index is 5.25. The average Bonchev–Trinajstić information content (AvgIpc) is 3.48. The van der Waals surface area contributed by atoms with Gasteiger partial charge in [0.25, 0.3) is 0 Å². The lowest BCUT2D eigenvalue weighted by molar-refractivity contribution is 0.332. The van der Waals surface area contributed by atoms with Crippen LogP contribution in [0.15, 0.2) is 146 Å². The summed E-state index contributed by atoms with van der Waals surface area (Å²) in [7, 11) is 0. The fourth-order valence-corrected chi connectivity index (χ4v) is 8.89. The second-order valence-corrected chi connectivity index (χ2v) is 15.9. The van der Waals surface area contributed by atoms with Gasteiger partial charge in [-0.25, -0.2) is 15.0 Å². The highest BCUT2D eigenvalue weighted by atomic mass is 15.0. The summed E-state index contributed by atoms with van der Waals surface area (Å²) < 4.78 is 0. The van der Waals surface area contributed by atoms with Crippen molar-refractivity contribution >= 4 is 0 Å². The predicted octanol–water partition coefficient (Wildman–Crippen LogP) is 11.9. The third-order valence-corrected chi connectivity index (χ3v) is 11.8. The normalized spacial score (nSPS) is 16.1. The van der Waals surface area contributed by atoms with Crippen LogP contribution in [0.3, 0.4) is 0 Å². The van der Waals surface area contributed by atoms with E-state index in [2.05, 4.69) is 162 Å². The van der Waals surface area contributed by atoms with Crippen molar-refractivity contribution in [3.05, 3.63) is 185 Å². The van der Waals surface area contributed by atoms with Gasteiger partial charge in [0.2, 0.25) is 0 Å². The van der Waals surface area contributed by atoms with E-state index in [9.17, 15) is 0 Å². The lowest BCUT2D eigenvalue weighted by atomic mass is 9.62. The minimum Gasteiger partial charge on any atom is -0.208 e. The van der Waals surface area contributed by atoms with Gasteiger partial charge in [-0.3, -0.25) is 0 Å². The number of aryl methyl sites for hydroxylation is 1. The van der Waals surface area contributed by atoms with Crippen LogP contribution >= 0.6 is 0 Å². The van der Waals surface area contributed by atoms with Crippen LogP contribution in [-0.4, -0.2) is 15.0 Å². The van der Waals surface area contributed by atoms with Gasteiger partial charge in [0, 0.05) is 16.7 Å². The average molecular weight is 674 g/mol. The van der Waals surface area contributed by atoms with Crippen molar-refractivity contribution in [1.82, 2.24) is 15.0 Å². The molecule has 1 heterocycles. The maximum absolute atomic E-state index is 5.25. The fourth-order valence-electron chi connectivity index (χ4n) is 8.89. The summed E-state index contributed by atoms with van der Waals surface area (Å²) in [5.74, 6) is 2.07. The molecule has 0 atom stereocenters. The van der Waals surface area contributed by atoms with Crippen molar-refractivity contribution in [3.63, 3.8) is 0 Å². The first-order valence-corrected chi connectivity index (χ1v) is 18.5. The van der Waals surface area contributed by atoms with Crippen LogP contribution in [0, 0.1) is 6.92 Å². The van der Waals surface area contributed by atoms with Crippen molar-refractivity contribution in [2.75, 3.05) is 0 Å². The van der Waals surface area contributed by atoms with Crippen molar-refractivity contribution < 1.29 is 0 Å². The molecular formula is C49H43N3. The Balaban J connectivity index is 1.22. The van der Waals surface area contributed by atoms with Crippen molar-refractivity contribution in [2.45, 2.75) is 63.7 Å². The van der Waals surface area contributed by atoms with Gasteiger partial charge in [0.15, 0.2) is 17.5 Å². The number of benzene rings is 6. The number of aromatic nitrogens is 3. The molecule has 0 N–H and O–H groups in total. The van der Waals surface area contributed by atoms with E-state index in [1.54, 1.807) is 0 Å². The van der Waals surface area contributed by atoms with Crippen LogP contribution in [-0.2, 0) is 16.2 Å². The van der Waals surface area contributed by atoms with E-state index in [1.165, 1.54) is 56.5 Å². The molecule has 1 aromatic heterocycles. The quantitative estimate of drug-likeness (QED) is 0.182. The van der Waals surface area contributed by atoms with E-state index in [0.29, 0.717) is 17.5 Å². The summed E-state index contributed by atoms with van der Waals surface area (Å²) in [6.07, 6.45) is 2.33. The molecule has 0 spiro atoms. The third kappa shape index (κ3) is 4.98. The molecule has 3 nitrogen and oxygen atoms in total. The van der Waals surface area contributed by atoms with E-state index in [0.717, 1.165) is 23.1 Å². The Hall–Kier alpha value is -5.67. The van der Waals surface area contributed by atoms with Gasteiger partial charge >= 0.3 is 0 Å². The Kier molecular flexibility index (Phi) is 7.41. The van der Waals surface area contributed by atoms with Crippen molar-refractivity contribution in [2.24, 2.45) is 0 Å². The molecule has 0 saturated carbocycles. The molecule has 0 bridgehead atoms. The van der Waals surface area contributed by atoms with Gasteiger partial charge in [-0.05, 0) is 86.7 Å². The Labute approximate surface area is 307 Å². The zero-order valence-electron chi connectivity index (χ0n) is 30.6. The molecule has 6 aromatic carbocycles. The van der Waals surface area contributed by atoms with E-state index in [-0.39, 0.29) is 10.8 Å². The molecule has 0 unspecified atom stereocenters. The van der Waals surface area contributed by atoms with Gasteiger partial charge < -0.3 is 0 Å². The van der Waals surface area contributed by atoms with Crippen LogP contribution < -0.4 is 0 Å². The highest BCUT2D eigenvalue weighted by Crippen LogP contribution is 2.56. The van der Waals surface area contributed by atoms with Gasteiger partial charge in [-0.1, -0.05) is 167 Å². The summed E-state index contributed by atoms with van der Waals surface area (Å²) in [4.78, 5) is 15.5. The van der Waals surface area contributed by atoms with E-state index in [1.807, 2.05) is 18.2 Å². The molecule has 254 valence electrons. The standard InChI is InChI=1S/C49H43N3/c1-32-30-42-43(48(4,5)29-28-47(42,2)3)31-39(32)46-51-44(33-16-8-6-9-17-33)50-45(52-46)34-24-26-36(27-25-34)49(35-18-10-7-11-19-35)40-22-14-12-20-37(40)38-21-13-15-23-41(38)49/h6-27,30-31H,28-29H2,1-5H3. The maximum Gasteiger partial charge on any atom is 0.164 e. The number of nitrogens with zero attached hydrogens (tertiary/aromatic N) is 3. The van der Waals surface area contributed by atoms with Gasteiger partial charge in [0.1, 0.15) is 0 Å². The molecule has 2 aliphatic carbocycles. The molecule has 52 heavy (non-hydrogen) atoms. The first kappa shape index (κ1) is 32.3. The summed E-state index contributed by atoms with van der Waals surface area (Å²) in [5.41, 5.74) is 14.5. The molecule has 0 amide bonds. The van der Waals surface area contributed by atoms with Crippen LogP contribution in [0.25, 0.3) is 45.3 Å². The van der Waals surface area contributed by atoms with Crippen LogP contribution in [0.5, 0.6) is 0 Å². The highest BCUT2D eigenvalue weighted by Gasteiger charge is 2.46. The van der Waals surface area contributed by atoms with Crippen molar-refractivity contribution in [3.8, 4) is 45.3 Å². The molecule has 0 fully saturated rings. The molecule has 0 radical (unpaired) electrons. The fraction of sp³-hybridized carbons (Fsp3) is 0.204. The molecule has 2 aliphatic rings. The smallest absolute Gasteiger partial charge is 0.164 e. The third-order valence-electron chi connectivity index (χ3n) is 11.8. The summed E-state index contributed by atoms with van der Waals surface area (Å²) in [6, 6.07) is 52.7. The molecule has 3 heteroatoms. The predicted molar refractivity (Wildman–Crippen MR) is 213 cm³/mol. The number of rotatable bonds is 5. The number of fused-ring (bicyclic) bond motifs is 4. The molecule has 7 aromatic rings. The Morgan fingerprint density at radius 2 is 0.846 bits per heavy atom. The minimum atomic E-state index is -0.451. The minimum absolute atomic E-state index is 0.0768. The molecule has 9 rings (SSSR count). The zero-order chi connectivity index (χ0) is 35.7. The first-order valence-electron chi connectivity index (χ1n) is 18.5. The topological polar surface area (TPSA) is 38.7 Å². The van der Waals surface area contributed by atoms with Gasteiger partial charge in [0.05, 0.1) is 5.41 Å². The highest BCUT2D eigenvalue weighted by molar-refractivity contribution is 5.86. The molecular weight excluding hydrogens is 631 g/mol. The SMILES string of the molecule is Cc1cc2c(cc1-c1nc(-c3ccccc3)nc(-c3ccc(C4(c5ccccc5)c5ccccc5-c5ccccc54)cc3)n1)C(C)(C)CCC2(C)C. The zero-order valence-corrected chi connectivity index (χ0v) is 30.6. The number of hydrogen-bond acceptors (Lipinski definition) is 3. The summed E-state index contributed by atoms with van der Waals surface area (Å²) in [5, 5.41) is 0. The van der Waals surface area contributed by atoms with Crippen molar-refractivity contribution in [1.29, 1.82) is 0 Å². The van der Waals surface area contributed by atoms with E-state index >= 15 is 0 Å². The second kappa shape index (κ2) is 12.0. The van der Waals surface area contributed by atoms with Gasteiger partial charge in [-0.2, -0.15) is 0 Å². The summed E-state index contributed by atoms with van der Waals surface area (Å²) >= 11 is 0. The summed E-state index contributed by atoms with van der Waals surface area (Å²) in [6.45, 7) is 11.7.